The van der Waals surface area contributed by atoms with Gasteiger partial charge in [-0.3, -0.25) is 0 Å². The third kappa shape index (κ3) is 4.38. The zero-order chi connectivity index (χ0) is 19.4. The minimum absolute atomic E-state index is 0.119. The van der Waals surface area contributed by atoms with Gasteiger partial charge in [0, 0.05) is 18.7 Å². The van der Waals surface area contributed by atoms with Crippen LogP contribution in [0.3, 0.4) is 0 Å². The first kappa shape index (κ1) is 19.2. The van der Waals surface area contributed by atoms with Crippen molar-refractivity contribution in [3.8, 4) is 11.5 Å². The highest BCUT2D eigenvalue weighted by atomic mass is 32.2. The minimum atomic E-state index is -2.99. The van der Waals surface area contributed by atoms with Crippen LogP contribution in [-0.4, -0.2) is 61.9 Å². The largest absolute Gasteiger partial charge is 0.497 e. The van der Waals surface area contributed by atoms with E-state index < -0.39 is 9.84 Å². The number of anilines is 3. The first-order valence-electron chi connectivity index (χ1n) is 8.61. The van der Waals surface area contributed by atoms with Gasteiger partial charge in [0.05, 0.1) is 37.6 Å². The van der Waals surface area contributed by atoms with E-state index in [2.05, 4.69) is 20.5 Å². The van der Waals surface area contributed by atoms with Gasteiger partial charge in [0.15, 0.2) is 15.7 Å². The minimum Gasteiger partial charge on any atom is -0.497 e. The molecule has 0 radical (unpaired) electrons. The van der Waals surface area contributed by atoms with E-state index in [9.17, 15) is 8.42 Å². The molecule has 2 aromatic rings. The molecule has 0 saturated carbocycles. The molecule has 0 bridgehead atoms. The summed E-state index contributed by atoms with van der Waals surface area (Å²) in [4.78, 5) is 6.39. The van der Waals surface area contributed by atoms with E-state index in [0.29, 0.717) is 41.9 Å². The van der Waals surface area contributed by atoms with Gasteiger partial charge < -0.3 is 19.7 Å². The summed E-state index contributed by atoms with van der Waals surface area (Å²) < 4.78 is 34.2. The van der Waals surface area contributed by atoms with Crippen molar-refractivity contribution >= 4 is 27.3 Å². The monoisotopic (exact) mass is 393 g/mol. The number of nitrogens with zero attached hydrogens (tertiary/aromatic N) is 4. The number of hydrogen-bond acceptors (Lipinski definition) is 9. The van der Waals surface area contributed by atoms with E-state index in [1.807, 2.05) is 24.0 Å². The first-order valence-corrected chi connectivity index (χ1v) is 10.4. The fourth-order valence-corrected chi connectivity index (χ4v) is 4.83. The first-order chi connectivity index (χ1) is 13.0. The number of nitrogens with one attached hydrogen (secondary N) is 1. The number of aromatic nitrogens is 3. The highest BCUT2D eigenvalue weighted by molar-refractivity contribution is 7.91. The van der Waals surface area contributed by atoms with E-state index in [0.717, 1.165) is 0 Å². The van der Waals surface area contributed by atoms with Gasteiger partial charge in [-0.05, 0) is 25.5 Å². The molecule has 1 unspecified atom stereocenters. The van der Waals surface area contributed by atoms with Gasteiger partial charge in [0.1, 0.15) is 11.5 Å². The standard InChI is InChI=1S/C17H23N5O4S/c1-4-22(12-7-8-27(23,24)11-12)17-20-16(10-18-21-17)19-14-6-5-13(25-2)9-15(14)26-3/h5-6,9-10,12H,4,7-8,11H2,1-3H3,(H,19,20,21). The van der Waals surface area contributed by atoms with Gasteiger partial charge in [-0.15, -0.1) is 5.10 Å². The number of rotatable bonds is 7. The van der Waals surface area contributed by atoms with Gasteiger partial charge in [0.2, 0.25) is 5.95 Å². The van der Waals surface area contributed by atoms with Crippen molar-refractivity contribution in [2.75, 3.05) is 42.5 Å². The Morgan fingerprint density at radius 2 is 2.11 bits per heavy atom. The predicted molar refractivity (Wildman–Crippen MR) is 103 cm³/mol. The number of benzene rings is 1. The quantitative estimate of drug-likeness (QED) is 0.751. The Labute approximate surface area is 158 Å². The molecule has 1 aliphatic rings. The third-order valence-electron chi connectivity index (χ3n) is 4.47. The molecule has 1 atom stereocenters. The SMILES string of the molecule is CCN(c1nncc(Nc2ccc(OC)cc2OC)n1)C1CCS(=O)(=O)C1. The van der Waals surface area contributed by atoms with E-state index >= 15 is 0 Å². The Bertz CT molecular complexity index is 906. The maximum atomic E-state index is 11.8. The molecule has 2 heterocycles. The lowest BCUT2D eigenvalue weighted by Crippen LogP contribution is -2.37. The summed E-state index contributed by atoms with van der Waals surface area (Å²) in [7, 11) is 0.166. The summed E-state index contributed by atoms with van der Waals surface area (Å²) in [6.45, 7) is 2.54. The predicted octanol–water partition coefficient (Wildman–Crippen LogP) is 1.65. The Hall–Kier alpha value is -2.62. The van der Waals surface area contributed by atoms with Crippen molar-refractivity contribution in [1.29, 1.82) is 0 Å². The molecule has 1 fully saturated rings. The molecule has 10 heteroatoms. The molecule has 0 aliphatic carbocycles. The molecule has 3 rings (SSSR count). The molecule has 0 amide bonds. The number of methoxy groups -OCH3 is 2. The summed E-state index contributed by atoms with van der Waals surface area (Å²) in [5.41, 5.74) is 0.705. The second kappa shape index (κ2) is 7.95. The highest BCUT2D eigenvalue weighted by Crippen LogP contribution is 2.31. The van der Waals surface area contributed by atoms with Crippen LogP contribution in [0.5, 0.6) is 11.5 Å². The summed E-state index contributed by atoms with van der Waals surface area (Å²) in [6, 6.07) is 5.26. The van der Waals surface area contributed by atoms with Crippen molar-refractivity contribution in [3.63, 3.8) is 0 Å². The summed E-state index contributed by atoms with van der Waals surface area (Å²) in [5.74, 6) is 2.48. The van der Waals surface area contributed by atoms with Crippen LogP contribution in [0.15, 0.2) is 24.4 Å². The number of hydrogen-bond donors (Lipinski definition) is 1. The lowest BCUT2D eigenvalue weighted by molar-refractivity contribution is 0.395. The zero-order valence-electron chi connectivity index (χ0n) is 15.5. The molecule has 9 nitrogen and oxygen atoms in total. The molecular weight excluding hydrogens is 370 g/mol. The highest BCUT2D eigenvalue weighted by Gasteiger charge is 2.33. The van der Waals surface area contributed by atoms with Gasteiger partial charge in [-0.25, -0.2) is 8.42 Å². The summed E-state index contributed by atoms with van der Waals surface area (Å²) >= 11 is 0. The Morgan fingerprint density at radius 3 is 2.74 bits per heavy atom. The van der Waals surface area contributed by atoms with Gasteiger partial charge in [-0.2, -0.15) is 10.1 Å². The van der Waals surface area contributed by atoms with Crippen molar-refractivity contribution < 1.29 is 17.9 Å². The third-order valence-corrected chi connectivity index (χ3v) is 6.22. The molecule has 27 heavy (non-hydrogen) atoms. The molecule has 1 aromatic heterocycles. The normalized spacial score (nSPS) is 18.1. The van der Waals surface area contributed by atoms with Crippen LogP contribution < -0.4 is 19.7 Å². The van der Waals surface area contributed by atoms with Crippen molar-refractivity contribution in [2.45, 2.75) is 19.4 Å². The van der Waals surface area contributed by atoms with E-state index in [4.69, 9.17) is 9.47 Å². The van der Waals surface area contributed by atoms with E-state index in [-0.39, 0.29) is 17.5 Å². The average Bonchev–Trinajstić information content (AvgIpc) is 3.02. The fraction of sp³-hybridized carbons (Fsp3) is 0.471. The Kier molecular flexibility index (Phi) is 5.64. The molecule has 1 saturated heterocycles. The molecule has 1 N–H and O–H groups in total. The summed E-state index contributed by atoms with van der Waals surface area (Å²) in [6.07, 6.45) is 2.08. The van der Waals surface area contributed by atoms with Crippen LogP contribution in [0, 0.1) is 0 Å². The summed E-state index contributed by atoms with van der Waals surface area (Å²) in [5, 5.41) is 11.3. The van der Waals surface area contributed by atoms with Crippen LogP contribution in [0.1, 0.15) is 13.3 Å². The van der Waals surface area contributed by atoms with Crippen LogP contribution in [0.2, 0.25) is 0 Å². The van der Waals surface area contributed by atoms with Crippen LogP contribution in [0.4, 0.5) is 17.5 Å². The lowest BCUT2D eigenvalue weighted by atomic mass is 10.2. The Morgan fingerprint density at radius 1 is 1.30 bits per heavy atom. The van der Waals surface area contributed by atoms with Crippen molar-refractivity contribution in [2.24, 2.45) is 0 Å². The zero-order valence-corrected chi connectivity index (χ0v) is 16.4. The van der Waals surface area contributed by atoms with Crippen molar-refractivity contribution in [3.05, 3.63) is 24.4 Å². The molecule has 146 valence electrons. The van der Waals surface area contributed by atoms with Crippen LogP contribution in [-0.2, 0) is 9.84 Å². The topological polar surface area (TPSA) is 107 Å². The molecule has 1 aliphatic heterocycles. The second-order valence-electron chi connectivity index (χ2n) is 6.18. The second-order valence-corrected chi connectivity index (χ2v) is 8.40. The molecular formula is C17H23N5O4S. The molecule has 0 spiro atoms. The van der Waals surface area contributed by atoms with Crippen molar-refractivity contribution in [1.82, 2.24) is 15.2 Å². The maximum Gasteiger partial charge on any atom is 0.247 e. The van der Waals surface area contributed by atoms with E-state index in [1.165, 1.54) is 6.20 Å². The van der Waals surface area contributed by atoms with Gasteiger partial charge in [0.25, 0.3) is 0 Å². The van der Waals surface area contributed by atoms with Gasteiger partial charge >= 0.3 is 0 Å². The van der Waals surface area contributed by atoms with Gasteiger partial charge in [-0.1, -0.05) is 0 Å². The smallest absolute Gasteiger partial charge is 0.247 e. The fourth-order valence-electron chi connectivity index (χ4n) is 3.10. The van der Waals surface area contributed by atoms with Crippen LogP contribution in [0.25, 0.3) is 0 Å². The molecule has 1 aromatic carbocycles. The van der Waals surface area contributed by atoms with E-state index in [1.54, 1.807) is 20.3 Å². The number of ether oxygens (including phenoxy) is 2. The average molecular weight is 393 g/mol. The Balaban J connectivity index is 1.83. The maximum absolute atomic E-state index is 11.8. The van der Waals surface area contributed by atoms with Crippen LogP contribution >= 0.6 is 0 Å². The number of sulfone groups is 1. The lowest BCUT2D eigenvalue weighted by Gasteiger charge is -2.26.